The van der Waals surface area contributed by atoms with Crippen molar-refractivity contribution in [2.45, 2.75) is 19.4 Å². The quantitative estimate of drug-likeness (QED) is 0.920. The Kier molecular flexibility index (Phi) is 4.66. The molecule has 1 atom stereocenters. The van der Waals surface area contributed by atoms with Gasteiger partial charge in [-0.1, -0.05) is 25.1 Å². The molecule has 0 aromatic heterocycles. The molecule has 1 unspecified atom stereocenters. The maximum Gasteiger partial charge on any atom is 0.265 e. The van der Waals surface area contributed by atoms with Crippen molar-refractivity contribution < 1.29 is 19.0 Å². The monoisotopic (exact) mass is 313 g/mol. The van der Waals surface area contributed by atoms with E-state index in [9.17, 15) is 4.79 Å². The molecule has 0 radical (unpaired) electrons. The third kappa shape index (κ3) is 3.74. The van der Waals surface area contributed by atoms with Crippen molar-refractivity contribution in [2.75, 3.05) is 18.5 Å². The molecule has 2 aromatic rings. The SMILES string of the molecule is CCC(Oc1ccccc1)C(=O)Nc1ccc2c(c1)OCCO2. The zero-order chi connectivity index (χ0) is 16.1. The molecular weight excluding hydrogens is 294 g/mol. The van der Waals surface area contributed by atoms with Crippen molar-refractivity contribution in [3.05, 3.63) is 48.5 Å². The molecule has 2 aromatic carbocycles. The molecule has 3 rings (SSSR count). The van der Waals surface area contributed by atoms with Crippen LogP contribution in [-0.4, -0.2) is 25.2 Å². The number of amides is 1. The van der Waals surface area contributed by atoms with Gasteiger partial charge in [0.05, 0.1) is 0 Å². The molecule has 120 valence electrons. The van der Waals surface area contributed by atoms with Crippen molar-refractivity contribution in [3.8, 4) is 17.2 Å². The maximum atomic E-state index is 12.4. The molecule has 1 aliphatic rings. The van der Waals surface area contributed by atoms with Gasteiger partial charge in [0.1, 0.15) is 19.0 Å². The normalized spacial score (nSPS) is 14.0. The molecule has 0 saturated carbocycles. The number of carbonyl (C=O) groups excluding carboxylic acids is 1. The van der Waals surface area contributed by atoms with Crippen molar-refractivity contribution in [2.24, 2.45) is 0 Å². The second kappa shape index (κ2) is 7.05. The Morgan fingerprint density at radius 2 is 1.87 bits per heavy atom. The van der Waals surface area contributed by atoms with Gasteiger partial charge in [0.15, 0.2) is 17.6 Å². The molecule has 23 heavy (non-hydrogen) atoms. The Hall–Kier alpha value is -2.69. The summed E-state index contributed by atoms with van der Waals surface area (Å²) in [6.45, 7) is 2.97. The summed E-state index contributed by atoms with van der Waals surface area (Å²) in [6.07, 6.45) is 0.0243. The predicted molar refractivity (Wildman–Crippen MR) is 87.2 cm³/mol. The topological polar surface area (TPSA) is 56.8 Å². The molecule has 0 fully saturated rings. The van der Waals surface area contributed by atoms with E-state index < -0.39 is 6.10 Å². The van der Waals surface area contributed by atoms with E-state index in [0.29, 0.717) is 42.6 Å². The highest BCUT2D eigenvalue weighted by atomic mass is 16.6. The highest BCUT2D eigenvalue weighted by Crippen LogP contribution is 2.32. The number of para-hydroxylation sites is 1. The van der Waals surface area contributed by atoms with Gasteiger partial charge in [-0.15, -0.1) is 0 Å². The third-order valence-corrected chi connectivity index (χ3v) is 3.49. The van der Waals surface area contributed by atoms with E-state index >= 15 is 0 Å². The molecule has 1 aliphatic heterocycles. The molecule has 1 amide bonds. The van der Waals surface area contributed by atoms with E-state index in [2.05, 4.69) is 5.32 Å². The number of hydrogen-bond acceptors (Lipinski definition) is 4. The van der Waals surface area contributed by atoms with Crippen molar-refractivity contribution in [3.63, 3.8) is 0 Å². The average molecular weight is 313 g/mol. The molecule has 1 heterocycles. The van der Waals surface area contributed by atoms with Crippen LogP contribution in [0.25, 0.3) is 0 Å². The van der Waals surface area contributed by atoms with E-state index in [1.807, 2.05) is 37.3 Å². The fourth-order valence-electron chi connectivity index (χ4n) is 2.33. The summed E-state index contributed by atoms with van der Waals surface area (Å²) in [7, 11) is 0. The minimum atomic E-state index is -0.550. The molecule has 1 N–H and O–H groups in total. The molecule has 0 aliphatic carbocycles. The zero-order valence-electron chi connectivity index (χ0n) is 13.0. The van der Waals surface area contributed by atoms with Crippen LogP contribution in [0.15, 0.2) is 48.5 Å². The van der Waals surface area contributed by atoms with Crippen LogP contribution in [0.2, 0.25) is 0 Å². The van der Waals surface area contributed by atoms with Crippen LogP contribution in [0, 0.1) is 0 Å². The minimum Gasteiger partial charge on any atom is -0.486 e. The summed E-state index contributed by atoms with van der Waals surface area (Å²) in [4.78, 5) is 12.4. The summed E-state index contributed by atoms with van der Waals surface area (Å²) in [5.74, 6) is 1.83. The standard InChI is InChI=1S/C18H19NO4/c1-2-15(23-14-6-4-3-5-7-14)18(20)19-13-8-9-16-17(12-13)22-11-10-21-16/h3-9,12,15H,2,10-11H2,1H3,(H,19,20). The van der Waals surface area contributed by atoms with Gasteiger partial charge >= 0.3 is 0 Å². The van der Waals surface area contributed by atoms with E-state index in [0.717, 1.165) is 0 Å². The first-order valence-corrected chi connectivity index (χ1v) is 7.68. The first-order chi connectivity index (χ1) is 11.3. The van der Waals surface area contributed by atoms with Crippen molar-refractivity contribution in [1.82, 2.24) is 0 Å². The Morgan fingerprint density at radius 1 is 1.13 bits per heavy atom. The number of fused-ring (bicyclic) bond motifs is 1. The van der Waals surface area contributed by atoms with Gasteiger partial charge in [-0.05, 0) is 30.7 Å². The van der Waals surface area contributed by atoms with Gasteiger partial charge in [0, 0.05) is 11.8 Å². The maximum absolute atomic E-state index is 12.4. The molecule has 0 bridgehead atoms. The van der Waals surface area contributed by atoms with Crippen LogP contribution in [0.5, 0.6) is 17.2 Å². The van der Waals surface area contributed by atoms with Gasteiger partial charge in [0.25, 0.3) is 5.91 Å². The number of hydrogen-bond donors (Lipinski definition) is 1. The van der Waals surface area contributed by atoms with Gasteiger partial charge in [-0.25, -0.2) is 0 Å². The van der Waals surface area contributed by atoms with Gasteiger partial charge in [0.2, 0.25) is 0 Å². The number of benzene rings is 2. The number of nitrogens with one attached hydrogen (secondary N) is 1. The largest absolute Gasteiger partial charge is 0.486 e. The number of rotatable bonds is 5. The van der Waals surface area contributed by atoms with Gasteiger partial charge in [-0.2, -0.15) is 0 Å². The summed E-state index contributed by atoms with van der Waals surface area (Å²) in [6, 6.07) is 14.7. The average Bonchev–Trinajstić information content (AvgIpc) is 2.60. The lowest BCUT2D eigenvalue weighted by atomic mass is 10.2. The second-order valence-electron chi connectivity index (χ2n) is 5.18. The van der Waals surface area contributed by atoms with Crippen LogP contribution < -0.4 is 19.5 Å². The Morgan fingerprint density at radius 3 is 2.61 bits per heavy atom. The molecule has 5 nitrogen and oxygen atoms in total. The lowest BCUT2D eigenvalue weighted by Crippen LogP contribution is -2.32. The smallest absolute Gasteiger partial charge is 0.265 e. The Bertz CT molecular complexity index is 672. The highest BCUT2D eigenvalue weighted by molar-refractivity contribution is 5.94. The fraction of sp³-hybridized carbons (Fsp3) is 0.278. The van der Waals surface area contributed by atoms with E-state index in [4.69, 9.17) is 14.2 Å². The van der Waals surface area contributed by atoms with Gasteiger partial charge in [-0.3, -0.25) is 4.79 Å². The number of ether oxygens (including phenoxy) is 3. The Labute approximate surface area is 135 Å². The first kappa shape index (κ1) is 15.2. The van der Waals surface area contributed by atoms with Gasteiger partial charge < -0.3 is 19.5 Å². The van der Waals surface area contributed by atoms with E-state index in [1.54, 1.807) is 18.2 Å². The molecular formula is C18H19NO4. The zero-order valence-corrected chi connectivity index (χ0v) is 13.0. The second-order valence-corrected chi connectivity index (χ2v) is 5.18. The molecule has 0 spiro atoms. The lowest BCUT2D eigenvalue weighted by molar-refractivity contribution is -0.122. The first-order valence-electron chi connectivity index (χ1n) is 7.68. The third-order valence-electron chi connectivity index (χ3n) is 3.49. The highest BCUT2D eigenvalue weighted by Gasteiger charge is 2.19. The van der Waals surface area contributed by atoms with Crippen molar-refractivity contribution in [1.29, 1.82) is 0 Å². The predicted octanol–water partition coefficient (Wildman–Crippen LogP) is 3.25. The number of anilines is 1. The van der Waals surface area contributed by atoms with Crippen LogP contribution in [0.4, 0.5) is 5.69 Å². The summed E-state index contributed by atoms with van der Waals surface area (Å²) < 4.78 is 16.7. The summed E-state index contributed by atoms with van der Waals surface area (Å²) in [5, 5.41) is 2.86. The summed E-state index contributed by atoms with van der Waals surface area (Å²) in [5.41, 5.74) is 0.661. The van der Waals surface area contributed by atoms with Crippen LogP contribution in [0.3, 0.4) is 0 Å². The van der Waals surface area contributed by atoms with E-state index in [1.165, 1.54) is 0 Å². The van der Waals surface area contributed by atoms with E-state index in [-0.39, 0.29) is 5.91 Å². The fourth-order valence-corrected chi connectivity index (χ4v) is 2.33. The van der Waals surface area contributed by atoms with Crippen molar-refractivity contribution >= 4 is 11.6 Å². The molecule has 5 heteroatoms. The van der Waals surface area contributed by atoms with Crippen LogP contribution in [0.1, 0.15) is 13.3 Å². The van der Waals surface area contributed by atoms with Crippen LogP contribution in [-0.2, 0) is 4.79 Å². The summed E-state index contributed by atoms with van der Waals surface area (Å²) >= 11 is 0. The van der Waals surface area contributed by atoms with Crippen LogP contribution >= 0.6 is 0 Å². The lowest BCUT2D eigenvalue weighted by Gasteiger charge is -2.20. The molecule has 0 saturated heterocycles. The number of carbonyl (C=O) groups is 1. The minimum absolute atomic E-state index is 0.187. The Balaban J connectivity index is 1.67.